The van der Waals surface area contributed by atoms with E-state index in [0.29, 0.717) is 17.4 Å². The predicted molar refractivity (Wildman–Crippen MR) is 418 cm³/mol. The molecule has 0 saturated heterocycles. The van der Waals surface area contributed by atoms with Crippen molar-refractivity contribution in [3.05, 3.63) is 207 Å². The van der Waals surface area contributed by atoms with Gasteiger partial charge in [-0.1, -0.05) is 317 Å². The predicted octanol–water partition coefficient (Wildman–Crippen LogP) is 24.7. The summed E-state index contributed by atoms with van der Waals surface area (Å²) in [6, 6.07) is 0. The first-order valence-corrected chi connectivity index (χ1v) is 38.2. The summed E-state index contributed by atoms with van der Waals surface area (Å²) in [6.07, 6.45) is 115. The quantitative estimate of drug-likeness (QED) is 0.0211. The molecule has 0 rings (SSSR count). The van der Waals surface area contributed by atoms with Crippen molar-refractivity contribution in [2.45, 2.75) is 283 Å². The second-order valence-corrected chi connectivity index (χ2v) is 25.8. The maximum absolute atomic E-state index is 13.0. The molecule has 0 aliphatic carbocycles. The van der Waals surface area contributed by atoms with Gasteiger partial charge in [0.05, 0.1) is 34.4 Å². The Morgan fingerprint density at radius 1 is 0.309 bits per heavy atom. The van der Waals surface area contributed by atoms with Gasteiger partial charge in [-0.3, -0.25) is 9.59 Å². The molecule has 0 spiro atoms. The van der Waals surface area contributed by atoms with E-state index < -0.39 is 24.3 Å². The Kier molecular flexibility index (Phi) is 70.9. The largest absolute Gasteiger partial charge is 0.477 e. The summed E-state index contributed by atoms with van der Waals surface area (Å²) in [6.45, 7) is 4.61. The molecule has 0 amide bonds. The Bertz CT molecular complexity index is 2350. The van der Waals surface area contributed by atoms with E-state index in [9.17, 15) is 19.5 Å². The normalized spacial score (nSPS) is 13.9. The van der Waals surface area contributed by atoms with Crippen molar-refractivity contribution < 1.29 is 42.9 Å². The molecule has 0 radical (unpaired) electrons. The number of esters is 2. The third-order valence-corrected chi connectivity index (χ3v) is 15.5. The highest BCUT2D eigenvalue weighted by molar-refractivity contribution is 5.71. The van der Waals surface area contributed by atoms with E-state index in [1.807, 2.05) is 21.1 Å². The summed E-state index contributed by atoms with van der Waals surface area (Å²) in [5.41, 5.74) is 0. The molecular formula is C88H140NO8+. The van der Waals surface area contributed by atoms with Crippen LogP contribution in [0.3, 0.4) is 0 Å². The number of carbonyl (C=O) groups is 3. The molecule has 1 N–H and O–H groups in total. The van der Waals surface area contributed by atoms with E-state index in [2.05, 4.69) is 220 Å². The van der Waals surface area contributed by atoms with E-state index in [0.717, 1.165) is 173 Å². The maximum Gasteiger partial charge on any atom is 0.361 e. The zero-order valence-electron chi connectivity index (χ0n) is 62.1. The molecule has 9 heteroatoms. The maximum atomic E-state index is 13.0. The Balaban J connectivity index is 4.17. The first kappa shape index (κ1) is 90.9. The summed E-state index contributed by atoms with van der Waals surface area (Å²) in [7, 11) is 5.96. The van der Waals surface area contributed by atoms with Crippen LogP contribution in [0.25, 0.3) is 0 Å². The van der Waals surface area contributed by atoms with Crippen molar-refractivity contribution in [1.29, 1.82) is 0 Å². The summed E-state index contributed by atoms with van der Waals surface area (Å²) in [5, 5.41) is 9.77. The second-order valence-electron chi connectivity index (χ2n) is 25.8. The van der Waals surface area contributed by atoms with Crippen molar-refractivity contribution >= 4 is 17.9 Å². The van der Waals surface area contributed by atoms with Crippen LogP contribution in [0.15, 0.2) is 207 Å². The lowest BCUT2D eigenvalue weighted by molar-refractivity contribution is -0.870. The molecule has 0 aromatic rings. The van der Waals surface area contributed by atoms with Crippen LogP contribution in [0.5, 0.6) is 0 Å². The lowest BCUT2D eigenvalue weighted by Crippen LogP contribution is -2.40. The average Bonchev–Trinajstić information content (AvgIpc) is 3.27. The molecule has 0 heterocycles. The standard InChI is InChI=1S/C88H139NO8/c1-6-8-10-12-14-16-18-20-22-24-26-28-30-32-34-36-38-39-40-41-42-43-44-45-46-47-49-51-53-55-57-59-61-63-65-67-69-71-73-75-77-79-86(91)97-84(83-96-88(87(92)93)94-81-80-89(3,4)5)82-95-85(90)78-76-74-72-70-68-66-64-62-60-58-56-54-52-50-48-37-35-33-31-29-27-25-23-21-19-17-15-13-11-9-7-2/h8-11,14-17,20-23,26-29,32-35,38-39,41-42,44-45,47-50,54,56,60,62,84,88H,6-7,12-13,18-19,24-25,30-31,36-37,40,43,46,51-53,55,57-59,61,63-83H2,1-5H3/p+1/b10-8-,11-9-,16-14-,17-15-,22-20-,23-21-,28-26-,29-27-,34-32-,35-33-,39-38-,42-41-,45-44-,49-47-,50-48-,56-54-,62-60-. The Morgan fingerprint density at radius 3 is 0.825 bits per heavy atom. The third-order valence-electron chi connectivity index (χ3n) is 15.5. The number of carboxylic acids is 1. The number of unbranched alkanes of at least 4 members (excludes halogenated alkanes) is 19. The van der Waals surface area contributed by atoms with Crippen LogP contribution >= 0.6 is 0 Å². The van der Waals surface area contributed by atoms with Gasteiger partial charge in [0.1, 0.15) is 13.2 Å². The average molecular weight is 1340 g/mol. The van der Waals surface area contributed by atoms with Crippen LogP contribution < -0.4 is 0 Å². The van der Waals surface area contributed by atoms with Crippen molar-refractivity contribution in [2.24, 2.45) is 0 Å². The molecule has 0 fully saturated rings. The highest BCUT2D eigenvalue weighted by Gasteiger charge is 2.25. The minimum atomic E-state index is -1.53. The van der Waals surface area contributed by atoms with Crippen LogP contribution in [0.2, 0.25) is 0 Å². The molecule has 0 bridgehead atoms. The molecule has 0 aromatic heterocycles. The van der Waals surface area contributed by atoms with Gasteiger partial charge in [0.15, 0.2) is 6.10 Å². The molecule has 0 saturated carbocycles. The number of nitrogens with zero attached hydrogens (tertiary/aromatic N) is 1. The van der Waals surface area contributed by atoms with Gasteiger partial charge in [0.2, 0.25) is 0 Å². The summed E-state index contributed by atoms with van der Waals surface area (Å²) in [4.78, 5) is 37.7. The van der Waals surface area contributed by atoms with Gasteiger partial charge < -0.3 is 28.5 Å². The zero-order valence-corrected chi connectivity index (χ0v) is 62.1. The van der Waals surface area contributed by atoms with E-state index in [1.54, 1.807) is 0 Å². The molecule has 2 atom stereocenters. The topological polar surface area (TPSA) is 108 Å². The highest BCUT2D eigenvalue weighted by atomic mass is 16.7. The molecular weight excluding hydrogens is 1200 g/mol. The third kappa shape index (κ3) is 77.1. The van der Waals surface area contributed by atoms with Crippen LogP contribution in [-0.2, 0) is 33.3 Å². The molecule has 0 aliphatic rings. The van der Waals surface area contributed by atoms with Crippen LogP contribution in [0.1, 0.15) is 271 Å². The van der Waals surface area contributed by atoms with Crippen LogP contribution in [0.4, 0.5) is 0 Å². The van der Waals surface area contributed by atoms with E-state index in [1.165, 1.54) is 64.2 Å². The van der Waals surface area contributed by atoms with E-state index in [-0.39, 0.29) is 38.6 Å². The lowest BCUT2D eigenvalue weighted by atomic mass is 10.0. The number of carboxylic acid groups (broad SMARTS) is 1. The number of allylic oxidation sites excluding steroid dienone is 34. The lowest BCUT2D eigenvalue weighted by Gasteiger charge is -2.25. The van der Waals surface area contributed by atoms with Crippen molar-refractivity contribution in [1.82, 2.24) is 0 Å². The number of hydrogen-bond donors (Lipinski definition) is 1. The SMILES string of the molecule is CC/C=C\C/C=C\C/C=C\C/C=C\C/C=C\C/C=C\C/C=C\C/C=C\C/C=C\CCCCCCCCCCCCCCCC(=O)OC(COC(=O)CCCCCCCC/C=C\C/C=C\C/C=C\C/C=C\C/C=C\C/C=C\C/C=C\C/C=C\CC)COC(OCC[N+](C)(C)C)C(=O)O. The van der Waals surface area contributed by atoms with Gasteiger partial charge in [-0.05, 0) is 148 Å². The minimum Gasteiger partial charge on any atom is -0.477 e. The van der Waals surface area contributed by atoms with Gasteiger partial charge in [0.25, 0.3) is 6.29 Å². The molecule has 0 aliphatic heterocycles. The number of hydrogen-bond acceptors (Lipinski definition) is 7. The fourth-order valence-corrected chi connectivity index (χ4v) is 9.79. The van der Waals surface area contributed by atoms with Gasteiger partial charge in [-0.25, -0.2) is 4.79 Å². The highest BCUT2D eigenvalue weighted by Crippen LogP contribution is 2.16. The van der Waals surface area contributed by atoms with Gasteiger partial charge in [-0.15, -0.1) is 0 Å². The van der Waals surface area contributed by atoms with Gasteiger partial charge in [0, 0.05) is 12.8 Å². The van der Waals surface area contributed by atoms with Crippen molar-refractivity contribution in [2.75, 3.05) is 47.5 Å². The molecule has 0 aromatic carbocycles. The monoisotopic (exact) mass is 1340 g/mol. The number of aliphatic carboxylic acids is 1. The van der Waals surface area contributed by atoms with Crippen molar-refractivity contribution in [3.8, 4) is 0 Å². The Morgan fingerprint density at radius 2 is 0.557 bits per heavy atom. The number of quaternary nitrogens is 1. The summed E-state index contributed by atoms with van der Waals surface area (Å²) in [5.74, 6) is -2.04. The second kappa shape index (κ2) is 75.6. The molecule has 544 valence electrons. The van der Waals surface area contributed by atoms with E-state index in [4.69, 9.17) is 18.9 Å². The molecule has 2 unspecified atom stereocenters. The van der Waals surface area contributed by atoms with Crippen molar-refractivity contribution in [3.63, 3.8) is 0 Å². The van der Waals surface area contributed by atoms with E-state index >= 15 is 0 Å². The van der Waals surface area contributed by atoms with Crippen LogP contribution in [-0.4, -0.2) is 87.4 Å². The molecule has 9 nitrogen and oxygen atoms in total. The van der Waals surface area contributed by atoms with Gasteiger partial charge >= 0.3 is 17.9 Å². The number of ether oxygens (including phenoxy) is 4. The zero-order chi connectivity index (χ0) is 70.4. The van der Waals surface area contributed by atoms with Gasteiger partial charge in [-0.2, -0.15) is 0 Å². The first-order chi connectivity index (χ1) is 47.6. The number of rotatable bonds is 68. The minimum absolute atomic E-state index is 0.175. The summed E-state index contributed by atoms with van der Waals surface area (Å²) < 4.78 is 23.0. The first-order valence-electron chi connectivity index (χ1n) is 38.2. The number of likely N-dealkylation sites (N-methyl/N-ethyl adjacent to an activating group) is 1. The number of carbonyl (C=O) groups excluding carboxylic acids is 2. The Labute approximate surface area is 594 Å². The summed E-state index contributed by atoms with van der Waals surface area (Å²) >= 11 is 0. The molecule has 97 heavy (non-hydrogen) atoms. The Hall–Kier alpha value is -6.13. The van der Waals surface area contributed by atoms with Crippen LogP contribution in [0, 0.1) is 0 Å². The fraction of sp³-hybridized carbons (Fsp3) is 0.580. The smallest absolute Gasteiger partial charge is 0.361 e. The fourth-order valence-electron chi connectivity index (χ4n) is 9.79.